The summed E-state index contributed by atoms with van der Waals surface area (Å²) in [6, 6.07) is 7.09. The molecule has 0 aliphatic heterocycles. The molecule has 0 nitrogen and oxygen atoms in total. The molecule has 0 aromatic heterocycles. The minimum Gasteiger partial charge on any atom is -0.0587 e. The number of hydrogen-bond donors (Lipinski definition) is 0. The maximum atomic E-state index is 2.36. The SMILES string of the molecule is CC(C)c1cc(C(C)C)cc(C(C)C)c1.[Li]. The Morgan fingerprint density at radius 3 is 0.875 bits per heavy atom. The van der Waals surface area contributed by atoms with Crippen molar-refractivity contribution in [3.05, 3.63) is 34.9 Å². The zero-order valence-electron chi connectivity index (χ0n) is 12.0. The smallest absolute Gasteiger partial charge is 0 e. The molecule has 0 amide bonds. The maximum absolute atomic E-state index is 2.36. The normalized spacial score (nSPS) is 11.1. The van der Waals surface area contributed by atoms with Gasteiger partial charge in [0, 0.05) is 18.9 Å². The van der Waals surface area contributed by atoms with Crippen molar-refractivity contribution in [3.8, 4) is 0 Å². The first-order valence-electron chi connectivity index (χ1n) is 6.06. The monoisotopic (exact) mass is 211 g/mol. The molecule has 0 N–H and O–H groups in total. The van der Waals surface area contributed by atoms with Gasteiger partial charge in [-0.2, -0.15) is 0 Å². The average molecular weight is 211 g/mol. The Labute approximate surface area is 113 Å². The first-order chi connectivity index (χ1) is 6.91. The number of rotatable bonds is 3. The van der Waals surface area contributed by atoms with Gasteiger partial charge in [0.25, 0.3) is 0 Å². The van der Waals surface area contributed by atoms with Crippen molar-refractivity contribution in [1.82, 2.24) is 0 Å². The molecule has 0 bridgehead atoms. The molecule has 0 aliphatic rings. The van der Waals surface area contributed by atoms with E-state index in [-0.39, 0.29) is 18.9 Å². The molecule has 0 heterocycles. The molecule has 16 heavy (non-hydrogen) atoms. The van der Waals surface area contributed by atoms with Gasteiger partial charge >= 0.3 is 0 Å². The van der Waals surface area contributed by atoms with Gasteiger partial charge in [0.1, 0.15) is 0 Å². The van der Waals surface area contributed by atoms with Crippen LogP contribution in [0.25, 0.3) is 0 Å². The predicted octanol–water partition coefficient (Wildman–Crippen LogP) is 4.68. The minimum atomic E-state index is 0. The van der Waals surface area contributed by atoms with E-state index in [1.165, 1.54) is 16.7 Å². The summed E-state index contributed by atoms with van der Waals surface area (Å²) in [5, 5.41) is 0. The van der Waals surface area contributed by atoms with Gasteiger partial charge in [0.05, 0.1) is 0 Å². The standard InChI is InChI=1S/C15H24.Li/c1-10(2)13-7-14(11(3)4)9-15(8-13)12(5)6;/h7-12H,1-6H3;. The fraction of sp³-hybridized carbons (Fsp3) is 0.600. The van der Waals surface area contributed by atoms with E-state index >= 15 is 0 Å². The van der Waals surface area contributed by atoms with Crippen molar-refractivity contribution in [3.63, 3.8) is 0 Å². The van der Waals surface area contributed by atoms with Crippen LogP contribution < -0.4 is 0 Å². The molecule has 1 rings (SSSR count). The molecule has 0 fully saturated rings. The van der Waals surface area contributed by atoms with E-state index in [1.54, 1.807) is 0 Å². The molecule has 1 aromatic carbocycles. The van der Waals surface area contributed by atoms with Crippen LogP contribution in [-0.2, 0) is 0 Å². The fourth-order valence-electron chi connectivity index (χ4n) is 1.70. The summed E-state index contributed by atoms with van der Waals surface area (Å²) in [6.07, 6.45) is 0. The fourth-order valence-corrected chi connectivity index (χ4v) is 1.70. The van der Waals surface area contributed by atoms with E-state index in [2.05, 4.69) is 59.7 Å². The molecule has 1 aromatic rings. The van der Waals surface area contributed by atoms with Crippen LogP contribution in [0.4, 0.5) is 0 Å². The Morgan fingerprint density at radius 1 is 0.562 bits per heavy atom. The van der Waals surface area contributed by atoms with Crippen LogP contribution in [0.2, 0.25) is 0 Å². The van der Waals surface area contributed by atoms with Crippen LogP contribution in [-0.4, -0.2) is 18.9 Å². The van der Waals surface area contributed by atoms with Crippen molar-refractivity contribution in [2.75, 3.05) is 0 Å². The largest absolute Gasteiger partial charge is 0.0587 e. The summed E-state index contributed by atoms with van der Waals surface area (Å²) < 4.78 is 0. The molecule has 0 spiro atoms. The van der Waals surface area contributed by atoms with E-state index in [4.69, 9.17) is 0 Å². The van der Waals surface area contributed by atoms with Crippen LogP contribution in [0, 0.1) is 0 Å². The molecule has 85 valence electrons. The van der Waals surface area contributed by atoms with Gasteiger partial charge in [-0.25, -0.2) is 0 Å². The van der Waals surface area contributed by atoms with E-state index in [9.17, 15) is 0 Å². The quantitative estimate of drug-likeness (QED) is 0.637. The average Bonchev–Trinajstić information content (AvgIpc) is 2.16. The van der Waals surface area contributed by atoms with Gasteiger partial charge in [0.15, 0.2) is 0 Å². The Hall–Kier alpha value is -0.183. The molecular weight excluding hydrogens is 187 g/mol. The van der Waals surface area contributed by atoms with Gasteiger partial charge in [-0.05, 0) is 34.4 Å². The topological polar surface area (TPSA) is 0 Å². The molecule has 0 atom stereocenters. The summed E-state index contributed by atoms with van der Waals surface area (Å²) in [6.45, 7) is 13.6. The van der Waals surface area contributed by atoms with Crippen LogP contribution >= 0.6 is 0 Å². The van der Waals surface area contributed by atoms with E-state index in [0.29, 0.717) is 17.8 Å². The second-order valence-corrected chi connectivity index (χ2v) is 5.40. The van der Waals surface area contributed by atoms with Crippen LogP contribution in [0.15, 0.2) is 18.2 Å². The Balaban J connectivity index is 0.00000225. The van der Waals surface area contributed by atoms with Gasteiger partial charge < -0.3 is 0 Å². The molecule has 0 aliphatic carbocycles. The Bertz CT molecular complexity index is 259. The second kappa shape index (κ2) is 6.53. The van der Waals surface area contributed by atoms with Crippen LogP contribution in [0.1, 0.15) is 76.0 Å². The zero-order chi connectivity index (χ0) is 11.6. The zero-order valence-corrected chi connectivity index (χ0v) is 12.0. The number of benzene rings is 1. The predicted molar refractivity (Wildman–Crippen MR) is 74.5 cm³/mol. The Kier molecular flexibility index (Phi) is 6.45. The van der Waals surface area contributed by atoms with Crippen molar-refractivity contribution >= 4 is 18.9 Å². The summed E-state index contributed by atoms with van der Waals surface area (Å²) in [4.78, 5) is 0. The molecular formula is C15H24Li. The van der Waals surface area contributed by atoms with Crippen LogP contribution in [0.5, 0.6) is 0 Å². The first kappa shape index (κ1) is 15.8. The van der Waals surface area contributed by atoms with Crippen molar-refractivity contribution < 1.29 is 0 Å². The number of hydrogen-bond acceptors (Lipinski definition) is 0. The van der Waals surface area contributed by atoms with E-state index in [1.807, 2.05) is 0 Å². The first-order valence-corrected chi connectivity index (χ1v) is 6.06. The van der Waals surface area contributed by atoms with Crippen molar-refractivity contribution in [2.45, 2.75) is 59.3 Å². The molecule has 1 radical (unpaired) electrons. The van der Waals surface area contributed by atoms with Crippen LogP contribution in [0.3, 0.4) is 0 Å². The molecule has 0 saturated carbocycles. The summed E-state index contributed by atoms with van der Waals surface area (Å²) in [5.74, 6) is 1.88. The van der Waals surface area contributed by atoms with E-state index in [0.717, 1.165) is 0 Å². The summed E-state index contributed by atoms with van der Waals surface area (Å²) in [5.41, 5.74) is 4.43. The molecule has 0 unspecified atom stereocenters. The van der Waals surface area contributed by atoms with Gasteiger partial charge in [-0.1, -0.05) is 59.7 Å². The van der Waals surface area contributed by atoms with Gasteiger partial charge in [-0.3, -0.25) is 0 Å². The second-order valence-electron chi connectivity index (χ2n) is 5.40. The molecule has 1 heteroatoms. The van der Waals surface area contributed by atoms with Gasteiger partial charge in [-0.15, -0.1) is 0 Å². The summed E-state index contributed by atoms with van der Waals surface area (Å²) in [7, 11) is 0. The Morgan fingerprint density at radius 2 is 0.750 bits per heavy atom. The third-order valence-electron chi connectivity index (χ3n) is 3.00. The molecule has 0 saturated heterocycles. The van der Waals surface area contributed by atoms with Crippen molar-refractivity contribution in [1.29, 1.82) is 0 Å². The third kappa shape index (κ3) is 4.00. The summed E-state index contributed by atoms with van der Waals surface area (Å²) >= 11 is 0. The third-order valence-corrected chi connectivity index (χ3v) is 3.00. The minimum absolute atomic E-state index is 0. The maximum Gasteiger partial charge on any atom is 0 e. The van der Waals surface area contributed by atoms with E-state index < -0.39 is 0 Å². The van der Waals surface area contributed by atoms with Crippen molar-refractivity contribution in [2.24, 2.45) is 0 Å². The van der Waals surface area contributed by atoms with Gasteiger partial charge in [0.2, 0.25) is 0 Å².